The highest BCUT2D eigenvalue weighted by Crippen LogP contribution is 1.92. The molecule has 0 saturated carbocycles. The van der Waals surface area contributed by atoms with Gasteiger partial charge in [-0.1, -0.05) is 0 Å². The van der Waals surface area contributed by atoms with Gasteiger partial charge < -0.3 is 15.4 Å². The first-order chi connectivity index (χ1) is 7.52. The quantitative estimate of drug-likeness (QED) is 0.504. The predicted molar refractivity (Wildman–Crippen MR) is 56.3 cm³/mol. The number of carbonyl (C=O) groups excluding carboxylic acids is 1. The fraction of sp³-hybridized carbons (Fsp3) is 0.444. The van der Waals surface area contributed by atoms with Crippen molar-refractivity contribution < 1.29 is 9.90 Å². The summed E-state index contributed by atoms with van der Waals surface area (Å²) in [5.74, 6) is -0.552. The summed E-state index contributed by atoms with van der Waals surface area (Å²) in [6, 6.07) is 0.767. The lowest BCUT2D eigenvalue weighted by atomic mass is 10.2. The third-order valence-corrected chi connectivity index (χ3v) is 1.94. The van der Waals surface area contributed by atoms with Crippen molar-refractivity contribution in [2.24, 2.45) is 0 Å². The maximum Gasteiger partial charge on any atom is 0.326 e. The van der Waals surface area contributed by atoms with Crippen LogP contribution in [0.1, 0.15) is 23.8 Å². The van der Waals surface area contributed by atoms with Crippen LogP contribution in [0.5, 0.6) is 0 Å². The molecular weight excluding hydrogens is 214 g/mol. The highest BCUT2D eigenvalue weighted by atomic mass is 16.3. The van der Waals surface area contributed by atoms with E-state index in [1.54, 1.807) is 6.92 Å². The third kappa shape index (κ3) is 3.35. The van der Waals surface area contributed by atoms with Gasteiger partial charge in [0.15, 0.2) is 0 Å². The van der Waals surface area contributed by atoms with Gasteiger partial charge in [0.2, 0.25) is 0 Å². The average Bonchev–Trinajstić information content (AvgIpc) is 2.16. The summed E-state index contributed by atoms with van der Waals surface area (Å²) in [5.41, 5.74) is -1.46. The van der Waals surface area contributed by atoms with E-state index >= 15 is 0 Å². The predicted octanol–water partition coefficient (Wildman–Crippen LogP) is -1.44. The molecule has 1 amide bonds. The van der Waals surface area contributed by atoms with Crippen molar-refractivity contribution in [1.82, 2.24) is 15.3 Å². The molecule has 0 aromatic carbocycles. The molecule has 0 saturated heterocycles. The SMILES string of the molecule is CC(CCO)NC(=O)c1cc(=O)[nH]c(=O)[nH]1. The summed E-state index contributed by atoms with van der Waals surface area (Å²) < 4.78 is 0. The van der Waals surface area contributed by atoms with Crippen molar-refractivity contribution in [3.63, 3.8) is 0 Å². The number of amides is 1. The first-order valence-corrected chi connectivity index (χ1v) is 4.78. The second-order valence-electron chi connectivity index (χ2n) is 3.39. The van der Waals surface area contributed by atoms with Crippen LogP contribution in [0.3, 0.4) is 0 Å². The van der Waals surface area contributed by atoms with Crippen LogP contribution in [0.15, 0.2) is 15.7 Å². The first kappa shape index (κ1) is 12.2. The summed E-state index contributed by atoms with van der Waals surface area (Å²) in [7, 11) is 0. The van der Waals surface area contributed by atoms with Crippen LogP contribution in [-0.2, 0) is 0 Å². The fourth-order valence-corrected chi connectivity index (χ4v) is 1.16. The van der Waals surface area contributed by atoms with Gasteiger partial charge in [-0.05, 0) is 13.3 Å². The smallest absolute Gasteiger partial charge is 0.326 e. The van der Waals surface area contributed by atoms with Crippen LogP contribution in [0.2, 0.25) is 0 Å². The molecule has 7 nitrogen and oxygen atoms in total. The highest BCUT2D eigenvalue weighted by Gasteiger charge is 2.10. The molecule has 0 fully saturated rings. The van der Waals surface area contributed by atoms with E-state index in [1.165, 1.54) is 0 Å². The number of aliphatic hydroxyl groups excluding tert-OH is 1. The van der Waals surface area contributed by atoms with Crippen LogP contribution >= 0.6 is 0 Å². The maximum absolute atomic E-state index is 11.5. The minimum atomic E-state index is -0.729. The maximum atomic E-state index is 11.5. The topological polar surface area (TPSA) is 115 Å². The number of carbonyl (C=O) groups is 1. The number of rotatable bonds is 4. The minimum Gasteiger partial charge on any atom is -0.396 e. The molecule has 0 bridgehead atoms. The Balaban J connectivity index is 2.81. The van der Waals surface area contributed by atoms with Crippen molar-refractivity contribution in [3.05, 3.63) is 32.6 Å². The van der Waals surface area contributed by atoms with E-state index in [1.807, 2.05) is 4.98 Å². The third-order valence-electron chi connectivity index (χ3n) is 1.94. The van der Waals surface area contributed by atoms with Gasteiger partial charge in [-0.2, -0.15) is 0 Å². The molecule has 4 N–H and O–H groups in total. The van der Waals surface area contributed by atoms with E-state index < -0.39 is 17.2 Å². The lowest BCUT2D eigenvalue weighted by molar-refractivity contribution is 0.0928. The van der Waals surface area contributed by atoms with E-state index in [2.05, 4.69) is 10.3 Å². The Bertz CT molecular complexity index is 448. The van der Waals surface area contributed by atoms with Gasteiger partial charge in [-0.3, -0.25) is 14.6 Å². The van der Waals surface area contributed by atoms with Crippen molar-refractivity contribution in [1.29, 1.82) is 0 Å². The molecule has 1 rings (SSSR count). The average molecular weight is 227 g/mol. The Hall–Kier alpha value is -1.89. The zero-order valence-electron chi connectivity index (χ0n) is 8.74. The van der Waals surface area contributed by atoms with Crippen molar-refractivity contribution in [2.75, 3.05) is 6.61 Å². The van der Waals surface area contributed by atoms with Crippen LogP contribution < -0.4 is 16.6 Å². The molecule has 16 heavy (non-hydrogen) atoms. The number of nitrogens with one attached hydrogen (secondary N) is 3. The van der Waals surface area contributed by atoms with Crippen molar-refractivity contribution in [3.8, 4) is 0 Å². The van der Waals surface area contributed by atoms with E-state index in [0.29, 0.717) is 6.42 Å². The molecule has 1 heterocycles. The molecule has 1 aromatic rings. The number of aromatic amines is 2. The number of aromatic nitrogens is 2. The number of aliphatic hydroxyl groups is 1. The molecule has 0 aliphatic heterocycles. The molecule has 88 valence electrons. The molecule has 0 radical (unpaired) electrons. The molecule has 0 aliphatic carbocycles. The number of H-pyrrole nitrogens is 2. The van der Waals surface area contributed by atoms with Gasteiger partial charge in [-0.25, -0.2) is 4.79 Å². The normalized spacial score (nSPS) is 12.1. The van der Waals surface area contributed by atoms with Crippen LogP contribution in [-0.4, -0.2) is 33.6 Å². The van der Waals surface area contributed by atoms with E-state index in [4.69, 9.17) is 5.11 Å². The van der Waals surface area contributed by atoms with E-state index in [0.717, 1.165) is 6.07 Å². The molecular formula is C9H13N3O4. The Morgan fingerprint density at radius 3 is 2.75 bits per heavy atom. The minimum absolute atomic E-state index is 0.0483. The number of hydrogen-bond donors (Lipinski definition) is 4. The largest absolute Gasteiger partial charge is 0.396 e. The summed E-state index contributed by atoms with van der Waals surface area (Å²) in [4.78, 5) is 37.5. The zero-order valence-corrected chi connectivity index (χ0v) is 8.74. The van der Waals surface area contributed by atoms with E-state index in [9.17, 15) is 14.4 Å². The van der Waals surface area contributed by atoms with Crippen molar-refractivity contribution in [2.45, 2.75) is 19.4 Å². The highest BCUT2D eigenvalue weighted by molar-refractivity contribution is 5.92. The van der Waals surface area contributed by atoms with E-state index in [-0.39, 0.29) is 18.3 Å². The molecule has 0 aliphatic rings. The first-order valence-electron chi connectivity index (χ1n) is 4.78. The summed E-state index contributed by atoms with van der Waals surface area (Å²) in [6.45, 7) is 1.66. The lowest BCUT2D eigenvalue weighted by Crippen LogP contribution is -2.36. The Kier molecular flexibility index (Phi) is 4.01. The Labute approximate surface area is 90.5 Å². The summed E-state index contributed by atoms with van der Waals surface area (Å²) in [6.07, 6.45) is 0.402. The van der Waals surface area contributed by atoms with Crippen LogP contribution in [0, 0.1) is 0 Å². The van der Waals surface area contributed by atoms with Gasteiger partial charge >= 0.3 is 5.69 Å². The molecule has 1 atom stereocenters. The fourth-order valence-electron chi connectivity index (χ4n) is 1.16. The lowest BCUT2D eigenvalue weighted by Gasteiger charge is -2.11. The monoisotopic (exact) mass is 227 g/mol. The van der Waals surface area contributed by atoms with Gasteiger partial charge in [0.25, 0.3) is 11.5 Å². The van der Waals surface area contributed by atoms with Crippen molar-refractivity contribution >= 4 is 5.91 Å². The molecule has 1 aromatic heterocycles. The summed E-state index contributed by atoms with van der Waals surface area (Å²) >= 11 is 0. The second kappa shape index (κ2) is 5.26. The Morgan fingerprint density at radius 2 is 2.19 bits per heavy atom. The standard InChI is InChI=1S/C9H13N3O4/c1-5(2-3-13)10-8(15)6-4-7(14)12-9(16)11-6/h4-5,13H,2-3H2,1H3,(H,10,15)(H2,11,12,14,16). The zero-order chi connectivity index (χ0) is 12.1. The Morgan fingerprint density at radius 1 is 1.50 bits per heavy atom. The second-order valence-corrected chi connectivity index (χ2v) is 3.39. The summed E-state index contributed by atoms with van der Waals surface area (Å²) in [5, 5.41) is 11.2. The molecule has 1 unspecified atom stereocenters. The van der Waals surface area contributed by atoms with Gasteiger partial charge in [0, 0.05) is 18.7 Å². The molecule has 0 spiro atoms. The molecule has 7 heteroatoms. The van der Waals surface area contributed by atoms with Gasteiger partial charge in [-0.15, -0.1) is 0 Å². The van der Waals surface area contributed by atoms with Gasteiger partial charge in [0.05, 0.1) is 0 Å². The van der Waals surface area contributed by atoms with Gasteiger partial charge in [0.1, 0.15) is 5.69 Å². The van der Waals surface area contributed by atoms with Crippen LogP contribution in [0.4, 0.5) is 0 Å². The number of hydrogen-bond acceptors (Lipinski definition) is 4. The van der Waals surface area contributed by atoms with Crippen LogP contribution in [0.25, 0.3) is 0 Å².